The first-order valence-corrected chi connectivity index (χ1v) is 9.77. The molecule has 2 unspecified atom stereocenters. The van der Waals surface area contributed by atoms with E-state index in [-0.39, 0.29) is 35.8 Å². The maximum absolute atomic E-state index is 13.4. The van der Waals surface area contributed by atoms with E-state index in [1.807, 2.05) is 24.3 Å². The molecule has 2 aliphatic heterocycles. The van der Waals surface area contributed by atoms with Crippen molar-refractivity contribution in [3.8, 4) is 0 Å². The van der Waals surface area contributed by atoms with E-state index in [2.05, 4.69) is 15.5 Å². The van der Waals surface area contributed by atoms with Crippen LogP contribution < -0.4 is 10.9 Å². The highest BCUT2D eigenvalue weighted by Gasteiger charge is 2.33. The Kier molecular flexibility index (Phi) is 5.13. The number of aliphatic carboxylic acids is 1. The van der Waals surface area contributed by atoms with E-state index in [0.29, 0.717) is 17.6 Å². The van der Waals surface area contributed by atoms with Crippen molar-refractivity contribution < 1.29 is 15.1 Å². The fraction of sp³-hybridized carbons (Fsp3) is 0.500. The Bertz CT molecular complexity index is 972. The topological polar surface area (TPSA) is 117 Å². The summed E-state index contributed by atoms with van der Waals surface area (Å²) < 4.78 is 1.79. The zero-order chi connectivity index (χ0) is 19.7. The molecule has 148 valence electrons. The standard InChI is InChI=1S/C20H24N4O4/c25-18(26)9-8-16(23-28)19-20(27)24(17-7-2-1-6-15(17)22-19)14-10-12-4-3-5-13(11-14)21-12/h1-2,6-7,12-14,21,28H,3-5,8-11H2,(H,25,26)/b23-16+. The highest BCUT2D eigenvalue weighted by Crippen LogP contribution is 2.33. The van der Waals surface area contributed by atoms with E-state index >= 15 is 0 Å². The molecule has 0 saturated carbocycles. The van der Waals surface area contributed by atoms with Gasteiger partial charge in [-0.1, -0.05) is 23.7 Å². The molecule has 2 saturated heterocycles. The van der Waals surface area contributed by atoms with Gasteiger partial charge in [-0.25, -0.2) is 4.98 Å². The number of oxime groups is 1. The number of fused-ring (bicyclic) bond motifs is 3. The quantitative estimate of drug-likeness (QED) is 0.414. The van der Waals surface area contributed by atoms with Crippen molar-refractivity contribution in [2.75, 3.05) is 0 Å². The zero-order valence-electron chi connectivity index (χ0n) is 15.5. The number of piperidine rings is 2. The number of carboxylic acids is 1. The summed E-state index contributed by atoms with van der Waals surface area (Å²) >= 11 is 0. The lowest BCUT2D eigenvalue weighted by Crippen LogP contribution is -2.50. The van der Waals surface area contributed by atoms with E-state index in [1.165, 1.54) is 6.42 Å². The van der Waals surface area contributed by atoms with Gasteiger partial charge in [-0.05, 0) is 37.8 Å². The van der Waals surface area contributed by atoms with E-state index < -0.39 is 5.97 Å². The molecule has 2 fully saturated rings. The molecular formula is C20H24N4O4. The molecular weight excluding hydrogens is 360 g/mol. The lowest BCUT2D eigenvalue weighted by Gasteiger charge is -2.41. The Labute approximate surface area is 161 Å². The van der Waals surface area contributed by atoms with E-state index in [1.54, 1.807) is 4.57 Å². The number of aromatic nitrogens is 2. The van der Waals surface area contributed by atoms with Crippen LogP contribution in [0.15, 0.2) is 34.2 Å². The fourth-order valence-electron chi connectivity index (χ4n) is 4.59. The first-order chi connectivity index (χ1) is 13.6. The lowest BCUT2D eigenvalue weighted by atomic mass is 9.83. The number of carboxylic acid groups (broad SMARTS) is 1. The predicted octanol–water partition coefficient (Wildman–Crippen LogP) is 2.29. The van der Waals surface area contributed by atoms with Gasteiger partial charge in [0.15, 0.2) is 5.69 Å². The summed E-state index contributed by atoms with van der Waals surface area (Å²) in [6.45, 7) is 0. The number of nitrogens with zero attached hydrogens (tertiary/aromatic N) is 3. The number of rotatable bonds is 5. The van der Waals surface area contributed by atoms with Gasteiger partial charge in [0.1, 0.15) is 5.71 Å². The zero-order valence-corrected chi connectivity index (χ0v) is 15.5. The molecule has 3 N–H and O–H groups in total. The molecule has 1 aromatic carbocycles. The van der Waals surface area contributed by atoms with E-state index in [9.17, 15) is 14.8 Å². The highest BCUT2D eigenvalue weighted by molar-refractivity contribution is 6.00. The van der Waals surface area contributed by atoms with Crippen LogP contribution in [0.25, 0.3) is 11.0 Å². The van der Waals surface area contributed by atoms with Crippen molar-refractivity contribution in [1.82, 2.24) is 14.9 Å². The predicted molar refractivity (Wildman–Crippen MR) is 104 cm³/mol. The normalized spacial score (nSPS) is 25.0. The SMILES string of the molecule is O=C(O)CC/C(=N\O)c1nc2ccccc2n(C2CC3CCCC(C2)N3)c1=O. The van der Waals surface area contributed by atoms with Crippen LogP contribution >= 0.6 is 0 Å². The molecule has 2 aliphatic rings. The number of hydrogen-bond donors (Lipinski definition) is 3. The second-order valence-electron chi connectivity index (χ2n) is 7.68. The first kappa shape index (κ1) is 18.6. The molecule has 8 heteroatoms. The molecule has 2 aromatic rings. The molecule has 2 atom stereocenters. The van der Waals surface area contributed by atoms with Crippen LogP contribution in [-0.4, -0.2) is 43.6 Å². The third-order valence-corrected chi connectivity index (χ3v) is 5.82. The fourth-order valence-corrected chi connectivity index (χ4v) is 4.59. The Hall–Kier alpha value is -2.74. The minimum Gasteiger partial charge on any atom is -0.481 e. The van der Waals surface area contributed by atoms with Crippen LogP contribution in [0.1, 0.15) is 56.7 Å². The van der Waals surface area contributed by atoms with Gasteiger partial charge < -0.3 is 20.2 Å². The second kappa shape index (κ2) is 7.71. The maximum atomic E-state index is 13.4. The van der Waals surface area contributed by atoms with Gasteiger partial charge in [0.05, 0.1) is 17.5 Å². The molecule has 0 radical (unpaired) electrons. The van der Waals surface area contributed by atoms with Crippen molar-refractivity contribution in [3.63, 3.8) is 0 Å². The summed E-state index contributed by atoms with van der Waals surface area (Å²) in [5, 5.41) is 25.2. The molecule has 0 amide bonds. The molecule has 4 rings (SSSR count). The van der Waals surface area contributed by atoms with Crippen molar-refractivity contribution >= 4 is 22.7 Å². The summed E-state index contributed by atoms with van der Waals surface area (Å²) in [6.07, 6.45) is 4.88. The Morgan fingerprint density at radius 1 is 1.21 bits per heavy atom. The molecule has 0 spiro atoms. The largest absolute Gasteiger partial charge is 0.481 e. The van der Waals surface area contributed by atoms with Crippen molar-refractivity contribution in [1.29, 1.82) is 0 Å². The van der Waals surface area contributed by atoms with Crippen LogP contribution in [0.3, 0.4) is 0 Å². The summed E-state index contributed by atoms with van der Waals surface area (Å²) in [7, 11) is 0. The third-order valence-electron chi connectivity index (χ3n) is 5.82. The van der Waals surface area contributed by atoms with Crippen molar-refractivity contribution in [2.24, 2.45) is 5.16 Å². The summed E-state index contributed by atoms with van der Waals surface area (Å²) in [4.78, 5) is 28.7. The third kappa shape index (κ3) is 3.52. The van der Waals surface area contributed by atoms with Gasteiger partial charge in [0.2, 0.25) is 0 Å². The average molecular weight is 384 g/mol. The van der Waals surface area contributed by atoms with Gasteiger partial charge in [-0.2, -0.15) is 0 Å². The van der Waals surface area contributed by atoms with Crippen LogP contribution in [0, 0.1) is 0 Å². The van der Waals surface area contributed by atoms with Crippen LogP contribution in [0.2, 0.25) is 0 Å². The van der Waals surface area contributed by atoms with Crippen LogP contribution in [0.4, 0.5) is 0 Å². The second-order valence-corrected chi connectivity index (χ2v) is 7.68. The smallest absolute Gasteiger partial charge is 0.303 e. The summed E-state index contributed by atoms with van der Waals surface area (Å²) in [5.41, 5.74) is 1.13. The maximum Gasteiger partial charge on any atom is 0.303 e. The molecule has 1 aromatic heterocycles. The van der Waals surface area contributed by atoms with Gasteiger partial charge in [-0.3, -0.25) is 9.59 Å². The number of para-hydroxylation sites is 2. The van der Waals surface area contributed by atoms with E-state index in [4.69, 9.17) is 5.11 Å². The summed E-state index contributed by atoms with van der Waals surface area (Å²) in [5.74, 6) is -1.02. The number of hydrogen-bond acceptors (Lipinski definition) is 6. The van der Waals surface area contributed by atoms with Crippen molar-refractivity contribution in [3.05, 3.63) is 40.3 Å². The number of nitrogens with one attached hydrogen (secondary N) is 1. The Balaban J connectivity index is 1.82. The molecule has 3 heterocycles. The van der Waals surface area contributed by atoms with Gasteiger partial charge >= 0.3 is 5.97 Å². The highest BCUT2D eigenvalue weighted by atomic mass is 16.4. The van der Waals surface area contributed by atoms with Gasteiger partial charge in [0.25, 0.3) is 5.56 Å². The number of benzene rings is 1. The van der Waals surface area contributed by atoms with Crippen molar-refractivity contribution in [2.45, 2.75) is 63.1 Å². The molecule has 8 nitrogen and oxygen atoms in total. The minimum absolute atomic E-state index is 0.0148. The van der Waals surface area contributed by atoms with E-state index in [0.717, 1.165) is 31.2 Å². The first-order valence-electron chi connectivity index (χ1n) is 9.77. The van der Waals surface area contributed by atoms with Crippen LogP contribution in [0.5, 0.6) is 0 Å². The monoisotopic (exact) mass is 384 g/mol. The summed E-state index contributed by atoms with van der Waals surface area (Å²) in [6, 6.07) is 8.28. The lowest BCUT2D eigenvalue weighted by molar-refractivity contribution is -0.136. The minimum atomic E-state index is -1.02. The molecule has 2 bridgehead atoms. The van der Waals surface area contributed by atoms with Gasteiger partial charge in [0, 0.05) is 24.5 Å². The molecule has 28 heavy (non-hydrogen) atoms. The molecule has 0 aliphatic carbocycles. The number of carbonyl (C=O) groups is 1. The average Bonchev–Trinajstić information content (AvgIpc) is 2.68. The Morgan fingerprint density at radius 3 is 2.61 bits per heavy atom. The Morgan fingerprint density at radius 2 is 1.93 bits per heavy atom. The van der Waals surface area contributed by atoms with Crippen LogP contribution in [-0.2, 0) is 4.79 Å². The van der Waals surface area contributed by atoms with Gasteiger partial charge in [-0.15, -0.1) is 0 Å².